The number of carbonyl (C=O) groups is 1. The van der Waals surface area contributed by atoms with Gasteiger partial charge in [-0.2, -0.15) is 5.10 Å². The Kier molecular flexibility index (Phi) is 4.53. The topological polar surface area (TPSA) is 89.6 Å². The molecule has 0 aliphatic heterocycles. The highest BCUT2D eigenvalue weighted by Gasteiger charge is 2.09. The summed E-state index contributed by atoms with van der Waals surface area (Å²) >= 11 is 0. The fraction of sp³-hybridized carbons (Fsp3) is 0.500. The molecule has 0 radical (unpaired) electrons. The lowest BCUT2D eigenvalue weighted by atomic mass is 10.3. The zero-order valence-corrected chi connectivity index (χ0v) is 14.7. The Morgan fingerprint density at radius 3 is 2.04 bits per heavy atom. The molecular formula is C16H26N8O. The number of primary amides is 1. The number of rotatable bonds is 5. The van der Waals surface area contributed by atoms with Gasteiger partial charge in [0.2, 0.25) is 0 Å². The zero-order valence-electron chi connectivity index (χ0n) is 20.7. The predicted molar refractivity (Wildman–Crippen MR) is 96.0 cm³/mol. The van der Waals surface area contributed by atoms with Gasteiger partial charge in [-0.25, -0.2) is 4.68 Å². The Morgan fingerprint density at radius 2 is 1.68 bits per heavy atom. The molecule has 2 N–H and O–H groups in total. The molecule has 0 unspecified atom stereocenters. The average Bonchev–Trinajstić information content (AvgIpc) is 3.17. The summed E-state index contributed by atoms with van der Waals surface area (Å²) in [7, 11) is 7.34. The van der Waals surface area contributed by atoms with Crippen LogP contribution in [0.3, 0.4) is 0 Å². The van der Waals surface area contributed by atoms with E-state index in [1.165, 1.54) is 12.1 Å². The van der Waals surface area contributed by atoms with Gasteiger partial charge in [0.05, 0.1) is 22.5 Å². The maximum atomic E-state index is 11.1. The summed E-state index contributed by atoms with van der Waals surface area (Å²) in [5, 5.41) is 7.75. The molecule has 1 amide bonds. The van der Waals surface area contributed by atoms with Crippen molar-refractivity contribution in [1.82, 2.24) is 29.4 Å². The van der Waals surface area contributed by atoms with Crippen molar-refractivity contribution in [1.29, 1.82) is 0 Å². The van der Waals surface area contributed by atoms with E-state index in [2.05, 4.69) is 15.0 Å². The molecule has 0 saturated carbocycles. The SMILES string of the molecule is [2H]C([2H])([2H])n1nc(CN(C)C)cc1C(N)=O.[2H]C([2H])([2H])n1nc(CN(C)C)cc1[N+]#[C-]. The molecule has 0 bridgehead atoms. The molecule has 0 aliphatic rings. The fourth-order valence-electron chi connectivity index (χ4n) is 1.91. The van der Waals surface area contributed by atoms with Crippen LogP contribution in [0.5, 0.6) is 0 Å². The van der Waals surface area contributed by atoms with Crippen LogP contribution in [0.25, 0.3) is 4.85 Å². The lowest BCUT2D eigenvalue weighted by Gasteiger charge is -2.04. The standard InChI is InChI=1S/C8H14N4O.C8H12N4/c1-11(2)5-6-4-7(8(9)13)12(3)10-6;1-9-8-5-7(6-11(2)3)10-12(8)4/h4H,5H2,1-3H3,(H2,9,13);5H,6H2,2-4H3/i3D3;4D3. The van der Waals surface area contributed by atoms with Gasteiger partial charge in [0.15, 0.2) is 0 Å². The number of carbonyl (C=O) groups excluding carboxylic acids is 1. The van der Waals surface area contributed by atoms with Gasteiger partial charge in [0, 0.05) is 24.2 Å². The summed E-state index contributed by atoms with van der Waals surface area (Å²) < 4.78 is 44.7. The molecule has 0 spiro atoms. The van der Waals surface area contributed by atoms with E-state index in [4.69, 9.17) is 20.5 Å². The van der Waals surface area contributed by atoms with Gasteiger partial charge >= 0.3 is 0 Å². The Balaban J connectivity index is 0.000000311. The lowest BCUT2D eigenvalue weighted by Crippen LogP contribution is -2.15. The van der Waals surface area contributed by atoms with Crippen LogP contribution in [-0.4, -0.2) is 63.5 Å². The smallest absolute Gasteiger partial charge is 0.266 e. The molecule has 2 aromatic heterocycles. The molecule has 0 saturated heterocycles. The molecule has 9 heteroatoms. The van der Waals surface area contributed by atoms with Gasteiger partial charge < -0.3 is 20.4 Å². The second kappa shape index (κ2) is 8.96. The first-order valence-corrected chi connectivity index (χ1v) is 7.21. The highest BCUT2D eigenvalue weighted by atomic mass is 16.1. The van der Waals surface area contributed by atoms with Crippen LogP contribution in [0, 0.1) is 6.57 Å². The second-order valence-electron chi connectivity index (χ2n) is 5.79. The predicted octanol–water partition coefficient (Wildman–Crippen LogP) is 0.613. The molecule has 9 nitrogen and oxygen atoms in total. The molecule has 2 rings (SSSR count). The van der Waals surface area contributed by atoms with Crippen LogP contribution >= 0.6 is 0 Å². The molecule has 0 aromatic carbocycles. The minimum Gasteiger partial charge on any atom is -0.364 e. The lowest BCUT2D eigenvalue weighted by molar-refractivity contribution is 0.0991. The Bertz CT molecular complexity index is 936. The second-order valence-corrected chi connectivity index (χ2v) is 5.79. The van der Waals surface area contributed by atoms with E-state index < -0.39 is 19.9 Å². The van der Waals surface area contributed by atoms with Crippen LogP contribution in [0.2, 0.25) is 0 Å². The normalized spacial score (nSPS) is 15.1. The van der Waals surface area contributed by atoms with Crippen LogP contribution in [0.15, 0.2) is 12.1 Å². The third kappa shape index (κ3) is 6.37. The van der Waals surface area contributed by atoms with Crippen molar-refractivity contribution < 1.29 is 13.0 Å². The largest absolute Gasteiger partial charge is 0.364 e. The number of nitrogens with zero attached hydrogens (tertiary/aromatic N) is 7. The molecular weight excluding hydrogens is 320 g/mol. The molecule has 136 valence electrons. The van der Waals surface area contributed by atoms with Crippen molar-refractivity contribution in [3.63, 3.8) is 0 Å². The van der Waals surface area contributed by atoms with Crippen LogP contribution < -0.4 is 5.73 Å². The summed E-state index contributed by atoms with van der Waals surface area (Å²) in [4.78, 5) is 17.9. The van der Waals surface area contributed by atoms with E-state index in [9.17, 15) is 4.79 Å². The molecule has 25 heavy (non-hydrogen) atoms. The average molecular weight is 352 g/mol. The molecule has 0 atom stereocenters. The van der Waals surface area contributed by atoms with E-state index >= 15 is 0 Å². The summed E-state index contributed by atoms with van der Waals surface area (Å²) in [6, 6.07) is 2.90. The molecule has 2 aromatic rings. The summed E-state index contributed by atoms with van der Waals surface area (Å²) in [5.41, 5.74) is 6.07. The zero-order chi connectivity index (χ0) is 24.1. The molecule has 0 fully saturated rings. The Hall–Kier alpha value is -2.70. The molecule has 0 aliphatic carbocycles. The Labute approximate surface area is 156 Å². The third-order valence-corrected chi connectivity index (χ3v) is 2.82. The van der Waals surface area contributed by atoms with E-state index in [-0.39, 0.29) is 11.5 Å². The van der Waals surface area contributed by atoms with Crippen LogP contribution in [0.4, 0.5) is 5.82 Å². The van der Waals surface area contributed by atoms with Gasteiger partial charge in [0.25, 0.3) is 11.7 Å². The summed E-state index contributed by atoms with van der Waals surface area (Å²) in [5.74, 6) is -0.750. The number of aromatic nitrogens is 4. The van der Waals surface area contributed by atoms with Crippen molar-refractivity contribution in [2.75, 3.05) is 28.2 Å². The van der Waals surface area contributed by atoms with Crippen molar-refractivity contribution in [2.24, 2.45) is 19.7 Å². The number of hydrogen-bond donors (Lipinski definition) is 1. The summed E-state index contributed by atoms with van der Waals surface area (Å²) in [6.45, 7) is 2.95. The van der Waals surface area contributed by atoms with Crippen molar-refractivity contribution >= 4 is 11.7 Å². The maximum absolute atomic E-state index is 11.1. The monoisotopic (exact) mass is 352 g/mol. The number of nitrogens with two attached hydrogens (primary N) is 1. The van der Waals surface area contributed by atoms with Crippen molar-refractivity contribution in [2.45, 2.75) is 13.1 Å². The van der Waals surface area contributed by atoms with Gasteiger partial charge in [-0.3, -0.25) is 9.48 Å². The Morgan fingerprint density at radius 1 is 1.16 bits per heavy atom. The highest BCUT2D eigenvalue weighted by Crippen LogP contribution is 2.12. The minimum atomic E-state index is -2.49. The first-order valence-electron chi connectivity index (χ1n) is 10.2. The number of hydrogen-bond acceptors (Lipinski definition) is 5. The summed E-state index contributed by atoms with van der Waals surface area (Å²) in [6.07, 6.45) is 0. The minimum absolute atomic E-state index is 0.0480. The van der Waals surface area contributed by atoms with Gasteiger partial charge in [0.1, 0.15) is 5.69 Å². The van der Waals surface area contributed by atoms with E-state index in [1.807, 2.05) is 38.0 Å². The first kappa shape index (κ1) is 12.6. The molecule has 2 heterocycles. The van der Waals surface area contributed by atoms with E-state index in [1.54, 1.807) is 0 Å². The van der Waals surface area contributed by atoms with Gasteiger partial charge in [-0.1, -0.05) is 6.57 Å². The van der Waals surface area contributed by atoms with Gasteiger partial charge in [-0.05, 0) is 40.3 Å². The number of aryl methyl sites for hydroxylation is 2. The van der Waals surface area contributed by atoms with E-state index in [0.717, 1.165) is 4.68 Å². The first-order chi connectivity index (χ1) is 14.1. The van der Waals surface area contributed by atoms with Crippen LogP contribution in [-0.2, 0) is 27.0 Å². The fourth-order valence-corrected chi connectivity index (χ4v) is 1.91. The van der Waals surface area contributed by atoms with Crippen molar-refractivity contribution in [3.8, 4) is 0 Å². The highest BCUT2D eigenvalue weighted by molar-refractivity contribution is 5.91. The quantitative estimate of drug-likeness (QED) is 0.797. The van der Waals surface area contributed by atoms with Gasteiger partial charge in [-0.15, -0.1) is 5.10 Å². The third-order valence-electron chi connectivity index (χ3n) is 2.82. The maximum Gasteiger partial charge on any atom is 0.266 e. The van der Waals surface area contributed by atoms with Crippen LogP contribution in [0.1, 0.15) is 30.1 Å². The number of amides is 1. The van der Waals surface area contributed by atoms with Crippen molar-refractivity contribution in [3.05, 3.63) is 40.6 Å². The van der Waals surface area contributed by atoms with E-state index in [0.29, 0.717) is 29.2 Å².